The van der Waals surface area contributed by atoms with Crippen molar-refractivity contribution in [2.75, 3.05) is 5.73 Å². The number of carboxylic acid groups (broad SMARTS) is 1. The van der Waals surface area contributed by atoms with Gasteiger partial charge in [0.05, 0.1) is 11.3 Å². The molecule has 0 saturated carbocycles. The number of hydrogen-bond donors (Lipinski definition) is 2. The number of nitrogens with zero attached hydrogens (tertiary/aromatic N) is 2. The van der Waals surface area contributed by atoms with Gasteiger partial charge in [-0.15, -0.1) is 0 Å². The predicted molar refractivity (Wildman–Crippen MR) is 76.3 cm³/mol. The maximum atomic E-state index is 13.3. The van der Waals surface area contributed by atoms with E-state index in [1.54, 1.807) is 24.3 Å². The lowest BCUT2D eigenvalue weighted by Gasteiger charge is -2.07. The summed E-state index contributed by atoms with van der Waals surface area (Å²) >= 11 is 0. The SMILES string of the molecule is Nc1ncc(C(=O)O)c2ccc(-c3cccc(F)c3)nc12. The fraction of sp³-hybridized carbons (Fsp3) is 0. The number of anilines is 1. The molecule has 21 heavy (non-hydrogen) atoms. The van der Waals surface area contributed by atoms with Gasteiger partial charge in [-0.1, -0.05) is 12.1 Å². The van der Waals surface area contributed by atoms with Crippen molar-refractivity contribution in [3.05, 3.63) is 54.0 Å². The Bertz CT molecular complexity index is 865. The van der Waals surface area contributed by atoms with E-state index in [1.165, 1.54) is 18.3 Å². The quantitative estimate of drug-likeness (QED) is 0.754. The molecule has 0 spiro atoms. The van der Waals surface area contributed by atoms with Gasteiger partial charge in [-0.05, 0) is 24.3 Å². The minimum absolute atomic E-state index is 0.0255. The molecule has 1 aromatic carbocycles. The van der Waals surface area contributed by atoms with Gasteiger partial charge in [-0.2, -0.15) is 0 Å². The molecule has 0 aliphatic carbocycles. The zero-order valence-electron chi connectivity index (χ0n) is 10.7. The van der Waals surface area contributed by atoms with Gasteiger partial charge in [-0.3, -0.25) is 0 Å². The summed E-state index contributed by atoms with van der Waals surface area (Å²) in [5.41, 5.74) is 7.15. The molecule has 0 saturated heterocycles. The lowest BCUT2D eigenvalue weighted by Crippen LogP contribution is -2.03. The van der Waals surface area contributed by atoms with E-state index in [4.69, 9.17) is 10.8 Å². The Morgan fingerprint density at radius 3 is 2.76 bits per heavy atom. The van der Waals surface area contributed by atoms with Crippen molar-refractivity contribution < 1.29 is 14.3 Å². The topological polar surface area (TPSA) is 89.1 Å². The third-order valence-corrected chi connectivity index (χ3v) is 3.11. The molecule has 0 bridgehead atoms. The van der Waals surface area contributed by atoms with Crippen LogP contribution in [0.2, 0.25) is 0 Å². The van der Waals surface area contributed by atoms with E-state index >= 15 is 0 Å². The van der Waals surface area contributed by atoms with Crippen LogP contribution in [0, 0.1) is 5.82 Å². The van der Waals surface area contributed by atoms with Gasteiger partial charge in [0.15, 0.2) is 0 Å². The number of halogens is 1. The number of nitrogen functional groups attached to an aromatic ring is 1. The molecule has 6 heteroatoms. The number of nitrogens with two attached hydrogens (primary N) is 1. The second kappa shape index (κ2) is 4.82. The summed E-state index contributed by atoms with van der Waals surface area (Å²) < 4.78 is 13.3. The first-order valence-electron chi connectivity index (χ1n) is 6.11. The van der Waals surface area contributed by atoms with E-state index in [-0.39, 0.29) is 22.7 Å². The van der Waals surface area contributed by atoms with Crippen LogP contribution < -0.4 is 5.73 Å². The molecular formula is C15H10FN3O2. The number of carboxylic acids is 1. The highest BCUT2D eigenvalue weighted by molar-refractivity contribution is 6.05. The van der Waals surface area contributed by atoms with E-state index in [1.807, 2.05) is 0 Å². The number of benzene rings is 1. The highest BCUT2D eigenvalue weighted by Gasteiger charge is 2.13. The number of fused-ring (bicyclic) bond motifs is 1. The van der Waals surface area contributed by atoms with Gasteiger partial charge >= 0.3 is 5.97 Å². The van der Waals surface area contributed by atoms with Crippen LogP contribution in [0.1, 0.15) is 10.4 Å². The Labute approximate surface area is 118 Å². The van der Waals surface area contributed by atoms with E-state index in [2.05, 4.69) is 9.97 Å². The molecule has 3 N–H and O–H groups in total. The Hall–Kier alpha value is -3.02. The third-order valence-electron chi connectivity index (χ3n) is 3.11. The average molecular weight is 283 g/mol. The molecule has 0 amide bonds. The summed E-state index contributed by atoms with van der Waals surface area (Å²) in [5, 5.41) is 9.54. The Kier molecular flexibility index (Phi) is 2.98. The molecule has 0 aliphatic heterocycles. The van der Waals surface area contributed by atoms with Crippen molar-refractivity contribution in [3.8, 4) is 11.3 Å². The van der Waals surface area contributed by atoms with Gasteiger partial charge in [0, 0.05) is 17.1 Å². The van der Waals surface area contributed by atoms with Gasteiger partial charge in [0.2, 0.25) is 0 Å². The zero-order chi connectivity index (χ0) is 15.0. The van der Waals surface area contributed by atoms with Crippen LogP contribution in [-0.2, 0) is 0 Å². The standard InChI is InChI=1S/C15H10FN3O2/c16-9-3-1-2-8(6-9)12-5-4-10-11(15(20)21)7-18-14(17)13(10)19-12/h1-7H,(H2,17,18)(H,20,21). The van der Waals surface area contributed by atoms with Gasteiger partial charge in [0.25, 0.3) is 0 Å². The minimum atomic E-state index is -1.10. The first-order valence-corrected chi connectivity index (χ1v) is 6.11. The number of pyridine rings is 2. The molecule has 2 aromatic heterocycles. The number of carbonyl (C=O) groups is 1. The molecular weight excluding hydrogens is 273 g/mol. The summed E-state index contributed by atoms with van der Waals surface area (Å²) in [4.78, 5) is 19.3. The lowest BCUT2D eigenvalue weighted by molar-refractivity contribution is 0.0698. The predicted octanol–water partition coefficient (Wildman–Crippen LogP) is 2.72. The molecule has 0 atom stereocenters. The second-order valence-electron chi connectivity index (χ2n) is 4.47. The first kappa shape index (κ1) is 13.0. The Balaban J connectivity index is 2.25. The molecule has 0 unspecified atom stereocenters. The molecule has 0 fully saturated rings. The monoisotopic (exact) mass is 283 g/mol. The fourth-order valence-corrected chi connectivity index (χ4v) is 2.12. The average Bonchev–Trinajstić information content (AvgIpc) is 2.47. The zero-order valence-corrected chi connectivity index (χ0v) is 10.7. The molecule has 5 nitrogen and oxygen atoms in total. The van der Waals surface area contributed by atoms with Crippen LogP contribution in [-0.4, -0.2) is 21.0 Å². The van der Waals surface area contributed by atoms with Gasteiger partial charge in [-0.25, -0.2) is 19.2 Å². The van der Waals surface area contributed by atoms with Crippen LogP contribution in [0.25, 0.3) is 22.2 Å². The fourth-order valence-electron chi connectivity index (χ4n) is 2.12. The third kappa shape index (κ3) is 2.27. The molecule has 0 radical (unpaired) electrons. The maximum Gasteiger partial charge on any atom is 0.337 e. The summed E-state index contributed by atoms with van der Waals surface area (Å²) in [5.74, 6) is -1.35. The van der Waals surface area contributed by atoms with Crippen molar-refractivity contribution in [1.82, 2.24) is 9.97 Å². The van der Waals surface area contributed by atoms with Crippen molar-refractivity contribution in [2.45, 2.75) is 0 Å². The molecule has 3 aromatic rings. The van der Waals surface area contributed by atoms with Crippen molar-refractivity contribution >= 4 is 22.7 Å². The summed E-state index contributed by atoms with van der Waals surface area (Å²) in [7, 11) is 0. The number of hydrogen-bond acceptors (Lipinski definition) is 4. The lowest BCUT2D eigenvalue weighted by atomic mass is 10.1. The van der Waals surface area contributed by atoms with E-state index in [9.17, 15) is 9.18 Å². The van der Waals surface area contributed by atoms with Crippen LogP contribution >= 0.6 is 0 Å². The van der Waals surface area contributed by atoms with E-state index in [0.29, 0.717) is 16.6 Å². The number of aromatic nitrogens is 2. The number of rotatable bonds is 2. The highest BCUT2D eigenvalue weighted by Crippen LogP contribution is 2.26. The van der Waals surface area contributed by atoms with Crippen LogP contribution in [0.15, 0.2) is 42.6 Å². The normalized spacial score (nSPS) is 10.7. The van der Waals surface area contributed by atoms with Crippen LogP contribution in [0.3, 0.4) is 0 Å². The summed E-state index contributed by atoms with van der Waals surface area (Å²) in [6.45, 7) is 0. The molecule has 0 aliphatic rings. The minimum Gasteiger partial charge on any atom is -0.478 e. The van der Waals surface area contributed by atoms with Crippen LogP contribution in [0.5, 0.6) is 0 Å². The van der Waals surface area contributed by atoms with Crippen LogP contribution in [0.4, 0.5) is 10.2 Å². The summed E-state index contributed by atoms with van der Waals surface area (Å²) in [6, 6.07) is 9.20. The number of aromatic carboxylic acids is 1. The largest absolute Gasteiger partial charge is 0.478 e. The highest BCUT2D eigenvalue weighted by atomic mass is 19.1. The molecule has 2 heterocycles. The van der Waals surface area contributed by atoms with Crippen molar-refractivity contribution in [2.24, 2.45) is 0 Å². The molecule has 104 valence electrons. The van der Waals surface area contributed by atoms with Gasteiger partial charge in [0.1, 0.15) is 17.2 Å². The first-order chi connectivity index (χ1) is 10.1. The summed E-state index contributed by atoms with van der Waals surface area (Å²) in [6.07, 6.45) is 1.20. The van der Waals surface area contributed by atoms with E-state index < -0.39 is 5.97 Å². The van der Waals surface area contributed by atoms with Gasteiger partial charge < -0.3 is 10.8 Å². The second-order valence-corrected chi connectivity index (χ2v) is 4.47. The van der Waals surface area contributed by atoms with E-state index in [0.717, 1.165) is 0 Å². The van der Waals surface area contributed by atoms with Crippen molar-refractivity contribution in [3.63, 3.8) is 0 Å². The van der Waals surface area contributed by atoms with Crippen molar-refractivity contribution in [1.29, 1.82) is 0 Å². The smallest absolute Gasteiger partial charge is 0.337 e. The maximum absolute atomic E-state index is 13.3. The Morgan fingerprint density at radius 1 is 1.24 bits per heavy atom. The Morgan fingerprint density at radius 2 is 2.05 bits per heavy atom. The molecule has 3 rings (SSSR count).